The number of para-hydroxylation sites is 1. The van der Waals surface area contributed by atoms with Crippen molar-refractivity contribution in [2.45, 2.75) is 0 Å². The van der Waals surface area contributed by atoms with Crippen molar-refractivity contribution in [3.63, 3.8) is 0 Å². The average molecular weight is 164 g/mol. The number of thiol groups is 1. The number of hydrogen-bond acceptors (Lipinski definition) is 3. The van der Waals surface area contributed by atoms with Gasteiger partial charge in [0.05, 0.1) is 5.69 Å². The Balaban J connectivity index is 2.46. The fourth-order valence-electron chi connectivity index (χ4n) is 1.06. The van der Waals surface area contributed by atoms with E-state index in [4.69, 9.17) is 0 Å². The van der Waals surface area contributed by atoms with Crippen molar-refractivity contribution < 1.29 is 0 Å². The summed E-state index contributed by atoms with van der Waals surface area (Å²) < 4.78 is 1.63. The molecule has 0 fully saturated rings. The zero-order chi connectivity index (χ0) is 7.68. The van der Waals surface area contributed by atoms with Crippen molar-refractivity contribution >= 4 is 24.6 Å². The highest BCUT2D eigenvalue weighted by Gasteiger charge is 2.03. The molecule has 0 amide bonds. The summed E-state index contributed by atoms with van der Waals surface area (Å²) in [4.78, 5) is 0. The molecule has 0 bridgehead atoms. The first-order valence-electron chi connectivity index (χ1n) is 3.38. The Labute approximate surface area is 71.0 Å². The lowest BCUT2D eigenvalue weighted by molar-refractivity contribution is 0.761. The van der Waals surface area contributed by atoms with E-state index in [1.807, 2.05) is 30.5 Å². The molecule has 11 heavy (non-hydrogen) atoms. The third kappa shape index (κ3) is 1.19. The molecule has 0 atom stereocenters. The van der Waals surface area contributed by atoms with Gasteiger partial charge < -0.3 is 0 Å². The molecule has 0 aromatic heterocycles. The Bertz CT molecular complexity index is 296. The monoisotopic (exact) mass is 164 g/mol. The number of nitrogens with zero attached hydrogens (tertiary/aromatic N) is 1. The van der Waals surface area contributed by atoms with Gasteiger partial charge in [-0.25, -0.2) is 4.41 Å². The summed E-state index contributed by atoms with van der Waals surface area (Å²) in [6, 6.07) is 8.08. The third-order valence-corrected chi connectivity index (χ3v) is 1.82. The van der Waals surface area contributed by atoms with Crippen LogP contribution in [0.3, 0.4) is 0 Å². The average Bonchev–Trinajstić information content (AvgIpc) is 2.04. The summed E-state index contributed by atoms with van der Waals surface area (Å²) in [7, 11) is 0. The molecule has 0 aliphatic carbocycles. The van der Waals surface area contributed by atoms with Crippen LogP contribution in [0, 0.1) is 0 Å². The van der Waals surface area contributed by atoms with Crippen molar-refractivity contribution in [2.75, 3.05) is 5.43 Å². The van der Waals surface area contributed by atoms with Gasteiger partial charge in [0.15, 0.2) is 0 Å². The first-order chi connectivity index (χ1) is 5.36. The lowest BCUT2D eigenvalue weighted by Gasteiger charge is -2.21. The standard InChI is InChI=1S/C8H8N2S/c11-10-6-5-7-3-1-2-4-8(7)9-10/h1-6,9,11H. The number of nitrogens with one attached hydrogen (secondary N) is 1. The van der Waals surface area contributed by atoms with Gasteiger partial charge in [0.2, 0.25) is 0 Å². The number of fused-ring (bicyclic) bond motifs is 1. The largest absolute Gasteiger partial charge is 0.288 e. The van der Waals surface area contributed by atoms with E-state index < -0.39 is 0 Å². The topological polar surface area (TPSA) is 15.3 Å². The van der Waals surface area contributed by atoms with Gasteiger partial charge in [-0.1, -0.05) is 18.2 Å². The van der Waals surface area contributed by atoms with Gasteiger partial charge >= 0.3 is 0 Å². The minimum atomic E-state index is 1.09. The molecule has 2 rings (SSSR count). The maximum atomic E-state index is 4.12. The quantitative estimate of drug-likeness (QED) is 0.571. The van der Waals surface area contributed by atoms with Crippen LogP contribution in [0.4, 0.5) is 5.69 Å². The van der Waals surface area contributed by atoms with E-state index in [1.54, 1.807) is 4.41 Å². The minimum Gasteiger partial charge on any atom is -0.288 e. The molecule has 1 aliphatic rings. The zero-order valence-electron chi connectivity index (χ0n) is 5.86. The number of benzene rings is 1. The van der Waals surface area contributed by atoms with Crippen LogP contribution in [-0.4, -0.2) is 4.41 Å². The van der Waals surface area contributed by atoms with Crippen molar-refractivity contribution in [1.29, 1.82) is 0 Å². The van der Waals surface area contributed by atoms with E-state index in [-0.39, 0.29) is 0 Å². The maximum absolute atomic E-state index is 4.12. The first-order valence-corrected chi connectivity index (χ1v) is 3.78. The minimum absolute atomic E-state index is 1.09. The Kier molecular flexibility index (Phi) is 1.51. The fraction of sp³-hybridized carbons (Fsp3) is 0. The van der Waals surface area contributed by atoms with Crippen LogP contribution in [0.25, 0.3) is 6.08 Å². The van der Waals surface area contributed by atoms with Gasteiger partial charge in [-0.15, -0.1) is 0 Å². The molecule has 0 saturated carbocycles. The SMILES string of the molecule is SN1C=Cc2ccccc2N1. The fourth-order valence-corrected chi connectivity index (χ4v) is 1.23. The molecule has 56 valence electrons. The van der Waals surface area contributed by atoms with Gasteiger partial charge in [-0.2, -0.15) is 0 Å². The lowest BCUT2D eigenvalue weighted by Crippen LogP contribution is -2.16. The highest BCUT2D eigenvalue weighted by molar-refractivity contribution is 7.77. The van der Waals surface area contributed by atoms with Crippen molar-refractivity contribution in [3.8, 4) is 0 Å². The molecule has 1 aromatic carbocycles. The Hall–Kier alpha value is -1.09. The molecule has 0 radical (unpaired) electrons. The van der Waals surface area contributed by atoms with E-state index in [0.717, 1.165) is 5.69 Å². The molecule has 0 saturated heterocycles. The highest BCUT2D eigenvalue weighted by Crippen LogP contribution is 2.21. The predicted octanol–water partition coefficient (Wildman–Crippen LogP) is 2.14. The highest BCUT2D eigenvalue weighted by atomic mass is 32.1. The second-order valence-electron chi connectivity index (χ2n) is 2.36. The summed E-state index contributed by atoms with van der Waals surface area (Å²) in [5.74, 6) is 0. The first kappa shape index (κ1) is 6.61. The van der Waals surface area contributed by atoms with E-state index in [2.05, 4.69) is 24.3 Å². The van der Waals surface area contributed by atoms with Crippen molar-refractivity contribution in [2.24, 2.45) is 0 Å². The van der Waals surface area contributed by atoms with Crippen molar-refractivity contribution in [3.05, 3.63) is 36.0 Å². The van der Waals surface area contributed by atoms with Gasteiger partial charge in [-0.3, -0.25) is 5.43 Å². The van der Waals surface area contributed by atoms with Crippen molar-refractivity contribution in [1.82, 2.24) is 4.41 Å². The molecular formula is C8H8N2S. The molecule has 0 unspecified atom stereocenters. The molecular weight excluding hydrogens is 156 g/mol. The second-order valence-corrected chi connectivity index (χ2v) is 2.79. The van der Waals surface area contributed by atoms with Gasteiger partial charge in [0.1, 0.15) is 0 Å². The molecule has 1 N–H and O–H groups in total. The molecule has 1 aliphatic heterocycles. The Morgan fingerprint density at radius 1 is 1.27 bits per heavy atom. The summed E-state index contributed by atoms with van der Waals surface area (Å²) in [6.07, 6.45) is 3.88. The van der Waals surface area contributed by atoms with Gasteiger partial charge in [-0.05, 0) is 25.0 Å². The lowest BCUT2D eigenvalue weighted by atomic mass is 10.1. The number of rotatable bonds is 0. The molecule has 1 heterocycles. The van der Waals surface area contributed by atoms with Crippen LogP contribution < -0.4 is 5.43 Å². The van der Waals surface area contributed by atoms with E-state index in [9.17, 15) is 0 Å². The number of hydrazine groups is 1. The van der Waals surface area contributed by atoms with E-state index in [1.165, 1.54) is 5.56 Å². The van der Waals surface area contributed by atoms with Crippen LogP contribution in [0.15, 0.2) is 30.5 Å². The van der Waals surface area contributed by atoms with Crippen LogP contribution >= 0.6 is 12.8 Å². The summed E-state index contributed by atoms with van der Waals surface area (Å²) in [5.41, 5.74) is 5.35. The van der Waals surface area contributed by atoms with Crippen LogP contribution in [0.1, 0.15) is 5.56 Å². The Morgan fingerprint density at radius 3 is 3.00 bits per heavy atom. The molecule has 2 nitrogen and oxygen atoms in total. The smallest absolute Gasteiger partial charge is 0.0624 e. The number of anilines is 1. The maximum Gasteiger partial charge on any atom is 0.0624 e. The van der Waals surface area contributed by atoms with E-state index in [0.29, 0.717) is 0 Å². The second kappa shape index (κ2) is 2.51. The summed E-state index contributed by atoms with van der Waals surface area (Å²) in [6.45, 7) is 0. The van der Waals surface area contributed by atoms with Crippen LogP contribution in [0.5, 0.6) is 0 Å². The van der Waals surface area contributed by atoms with Gasteiger partial charge in [0, 0.05) is 11.8 Å². The zero-order valence-corrected chi connectivity index (χ0v) is 6.75. The van der Waals surface area contributed by atoms with E-state index >= 15 is 0 Å². The van der Waals surface area contributed by atoms with Crippen LogP contribution in [0.2, 0.25) is 0 Å². The molecule has 3 heteroatoms. The van der Waals surface area contributed by atoms with Gasteiger partial charge in [0.25, 0.3) is 0 Å². The summed E-state index contributed by atoms with van der Waals surface area (Å²) in [5, 5.41) is 0. The number of hydrogen-bond donors (Lipinski definition) is 2. The third-order valence-electron chi connectivity index (χ3n) is 1.59. The Morgan fingerprint density at radius 2 is 2.09 bits per heavy atom. The normalized spacial score (nSPS) is 14.1. The predicted molar refractivity (Wildman–Crippen MR) is 49.9 cm³/mol. The molecule has 0 spiro atoms. The molecule has 1 aromatic rings. The summed E-state index contributed by atoms with van der Waals surface area (Å²) >= 11 is 4.12. The van der Waals surface area contributed by atoms with Crippen LogP contribution in [-0.2, 0) is 0 Å².